The van der Waals surface area contributed by atoms with Crippen molar-refractivity contribution in [1.29, 1.82) is 0 Å². The first kappa shape index (κ1) is 13.1. The van der Waals surface area contributed by atoms with Crippen LogP contribution in [0.2, 0.25) is 0 Å². The molecule has 0 bridgehead atoms. The lowest BCUT2D eigenvalue weighted by Crippen LogP contribution is -2.36. The summed E-state index contributed by atoms with van der Waals surface area (Å²) in [5.74, 6) is 0.656. The molecule has 100 valence electrons. The molecule has 0 unspecified atom stereocenters. The fourth-order valence-corrected chi connectivity index (χ4v) is 2.31. The SMILES string of the molecule is CCOC1CC(CC(=O)NCCc2cnc[nH]2)C1. The number of aromatic amines is 1. The lowest BCUT2D eigenvalue weighted by Gasteiger charge is -2.34. The molecular weight excluding hydrogens is 230 g/mol. The number of nitrogens with one attached hydrogen (secondary N) is 2. The first-order valence-corrected chi connectivity index (χ1v) is 6.63. The average molecular weight is 251 g/mol. The second-order valence-electron chi connectivity index (χ2n) is 4.80. The highest BCUT2D eigenvalue weighted by atomic mass is 16.5. The van der Waals surface area contributed by atoms with Crippen molar-refractivity contribution in [3.8, 4) is 0 Å². The third-order valence-electron chi connectivity index (χ3n) is 3.34. The summed E-state index contributed by atoms with van der Waals surface area (Å²) in [6.07, 6.45) is 7.32. The number of imidazole rings is 1. The Morgan fingerprint density at radius 3 is 3.11 bits per heavy atom. The van der Waals surface area contributed by atoms with Crippen LogP contribution in [0.25, 0.3) is 0 Å². The Bertz CT molecular complexity index is 358. The van der Waals surface area contributed by atoms with Gasteiger partial charge in [-0.1, -0.05) is 0 Å². The van der Waals surface area contributed by atoms with Crippen LogP contribution in [-0.2, 0) is 16.0 Å². The van der Waals surface area contributed by atoms with Gasteiger partial charge in [0.15, 0.2) is 0 Å². The molecule has 1 saturated carbocycles. The highest BCUT2D eigenvalue weighted by molar-refractivity contribution is 5.76. The van der Waals surface area contributed by atoms with Gasteiger partial charge in [-0.25, -0.2) is 4.98 Å². The minimum Gasteiger partial charge on any atom is -0.378 e. The van der Waals surface area contributed by atoms with Crippen LogP contribution < -0.4 is 5.32 Å². The van der Waals surface area contributed by atoms with Crippen molar-refractivity contribution in [2.24, 2.45) is 5.92 Å². The predicted molar refractivity (Wildman–Crippen MR) is 68.1 cm³/mol. The smallest absolute Gasteiger partial charge is 0.220 e. The first-order chi connectivity index (χ1) is 8.78. The van der Waals surface area contributed by atoms with E-state index in [4.69, 9.17) is 4.74 Å². The molecule has 0 spiro atoms. The Labute approximate surface area is 107 Å². The summed E-state index contributed by atoms with van der Waals surface area (Å²) in [6.45, 7) is 3.45. The number of rotatable bonds is 7. The number of ether oxygens (including phenoxy) is 1. The molecule has 1 heterocycles. The number of amides is 1. The minimum atomic E-state index is 0.148. The van der Waals surface area contributed by atoms with E-state index in [2.05, 4.69) is 15.3 Å². The number of H-pyrrole nitrogens is 1. The van der Waals surface area contributed by atoms with Crippen LogP contribution in [0.4, 0.5) is 0 Å². The lowest BCUT2D eigenvalue weighted by atomic mass is 9.80. The summed E-state index contributed by atoms with van der Waals surface area (Å²) in [6, 6.07) is 0. The quantitative estimate of drug-likeness (QED) is 0.767. The van der Waals surface area contributed by atoms with Crippen molar-refractivity contribution in [3.05, 3.63) is 18.2 Å². The molecule has 1 aliphatic carbocycles. The number of aromatic nitrogens is 2. The third-order valence-corrected chi connectivity index (χ3v) is 3.34. The summed E-state index contributed by atoms with van der Waals surface area (Å²) in [5.41, 5.74) is 1.05. The third kappa shape index (κ3) is 3.84. The van der Waals surface area contributed by atoms with E-state index in [1.54, 1.807) is 12.5 Å². The molecule has 2 N–H and O–H groups in total. The van der Waals surface area contributed by atoms with Gasteiger partial charge in [0, 0.05) is 37.9 Å². The van der Waals surface area contributed by atoms with Crippen LogP contribution >= 0.6 is 0 Å². The van der Waals surface area contributed by atoms with Gasteiger partial charge in [-0.3, -0.25) is 4.79 Å². The molecule has 1 fully saturated rings. The van der Waals surface area contributed by atoms with E-state index in [9.17, 15) is 4.79 Å². The normalized spacial score (nSPS) is 22.5. The van der Waals surface area contributed by atoms with E-state index in [1.165, 1.54) is 0 Å². The predicted octanol–water partition coefficient (Wildman–Crippen LogP) is 1.27. The largest absolute Gasteiger partial charge is 0.378 e. The zero-order valence-electron chi connectivity index (χ0n) is 10.8. The molecule has 0 radical (unpaired) electrons. The van der Waals surface area contributed by atoms with Crippen LogP contribution in [0.5, 0.6) is 0 Å². The molecule has 0 saturated heterocycles. The Morgan fingerprint density at radius 2 is 2.44 bits per heavy atom. The number of hydrogen-bond acceptors (Lipinski definition) is 3. The van der Waals surface area contributed by atoms with E-state index in [-0.39, 0.29) is 5.91 Å². The molecule has 5 nitrogen and oxygen atoms in total. The summed E-state index contributed by atoms with van der Waals surface area (Å²) >= 11 is 0. The Morgan fingerprint density at radius 1 is 1.61 bits per heavy atom. The topological polar surface area (TPSA) is 67.0 Å². The van der Waals surface area contributed by atoms with Gasteiger partial charge in [0.25, 0.3) is 0 Å². The molecule has 0 aliphatic heterocycles. The monoisotopic (exact) mass is 251 g/mol. The van der Waals surface area contributed by atoms with Gasteiger partial charge in [-0.15, -0.1) is 0 Å². The molecule has 1 aromatic heterocycles. The van der Waals surface area contributed by atoms with Crippen LogP contribution in [0.3, 0.4) is 0 Å². The minimum absolute atomic E-state index is 0.148. The highest BCUT2D eigenvalue weighted by Crippen LogP contribution is 2.32. The van der Waals surface area contributed by atoms with Gasteiger partial charge in [-0.05, 0) is 25.7 Å². The van der Waals surface area contributed by atoms with Crippen molar-refractivity contribution >= 4 is 5.91 Å². The van der Waals surface area contributed by atoms with E-state index >= 15 is 0 Å². The second-order valence-corrected chi connectivity index (χ2v) is 4.80. The maximum Gasteiger partial charge on any atom is 0.220 e. The molecule has 1 amide bonds. The molecule has 1 aliphatic rings. The van der Waals surface area contributed by atoms with Crippen LogP contribution in [0.1, 0.15) is 31.9 Å². The van der Waals surface area contributed by atoms with Crippen molar-refractivity contribution in [2.75, 3.05) is 13.2 Å². The molecular formula is C13H21N3O2. The lowest BCUT2D eigenvalue weighted by molar-refractivity contribution is -0.124. The second kappa shape index (κ2) is 6.54. The molecule has 0 aromatic carbocycles. The maximum absolute atomic E-state index is 11.7. The molecule has 18 heavy (non-hydrogen) atoms. The van der Waals surface area contributed by atoms with E-state index in [0.29, 0.717) is 25.0 Å². The van der Waals surface area contributed by atoms with Crippen molar-refractivity contribution in [2.45, 2.75) is 38.7 Å². The maximum atomic E-state index is 11.7. The van der Waals surface area contributed by atoms with Crippen molar-refractivity contribution in [3.63, 3.8) is 0 Å². The zero-order valence-corrected chi connectivity index (χ0v) is 10.8. The van der Waals surface area contributed by atoms with Crippen LogP contribution in [0.15, 0.2) is 12.5 Å². The van der Waals surface area contributed by atoms with Gasteiger partial charge in [0.05, 0.1) is 12.4 Å². The average Bonchev–Trinajstić information content (AvgIpc) is 2.79. The summed E-state index contributed by atoms with van der Waals surface area (Å²) < 4.78 is 5.48. The fraction of sp³-hybridized carbons (Fsp3) is 0.692. The summed E-state index contributed by atoms with van der Waals surface area (Å²) in [4.78, 5) is 18.6. The Hall–Kier alpha value is -1.36. The molecule has 2 rings (SSSR count). The van der Waals surface area contributed by atoms with Gasteiger partial charge < -0.3 is 15.0 Å². The Balaban J connectivity index is 1.53. The van der Waals surface area contributed by atoms with Gasteiger partial charge >= 0.3 is 0 Å². The van der Waals surface area contributed by atoms with Crippen LogP contribution in [0, 0.1) is 5.92 Å². The van der Waals surface area contributed by atoms with E-state index in [1.807, 2.05) is 6.92 Å². The highest BCUT2D eigenvalue weighted by Gasteiger charge is 2.30. The number of nitrogens with zero attached hydrogens (tertiary/aromatic N) is 1. The van der Waals surface area contributed by atoms with Gasteiger partial charge in [0.2, 0.25) is 5.91 Å². The zero-order chi connectivity index (χ0) is 12.8. The number of hydrogen-bond donors (Lipinski definition) is 2. The number of carbonyl (C=O) groups excluding carboxylic acids is 1. The van der Waals surface area contributed by atoms with Gasteiger partial charge in [0.1, 0.15) is 0 Å². The van der Waals surface area contributed by atoms with Gasteiger partial charge in [-0.2, -0.15) is 0 Å². The summed E-state index contributed by atoms with van der Waals surface area (Å²) in [5, 5.41) is 2.94. The van der Waals surface area contributed by atoms with E-state index < -0.39 is 0 Å². The first-order valence-electron chi connectivity index (χ1n) is 6.63. The van der Waals surface area contributed by atoms with Crippen molar-refractivity contribution < 1.29 is 9.53 Å². The number of carbonyl (C=O) groups is 1. The van der Waals surface area contributed by atoms with Crippen molar-refractivity contribution in [1.82, 2.24) is 15.3 Å². The molecule has 5 heteroatoms. The van der Waals surface area contributed by atoms with Crippen LogP contribution in [-0.4, -0.2) is 35.1 Å². The summed E-state index contributed by atoms with van der Waals surface area (Å²) in [7, 11) is 0. The standard InChI is InChI=1S/C13H21N3O2/c1-2-18-12-5-10(6-12)7-13(17)15-4-3-11-8-14-9-16-11/h8-10,12H,2-7H2,1H3,(H,14,16)(H,15,17). The molecule has 1 aromatic rings. The van der Waals surface area contributed by atoms with E-state index in [0.717, 1.165) is 31.6 Å². The molecule has 0 atom stereocenters. The fourth-order valence-electron chi connectivity index (χ4n) is 2.31. The Kier molecular flexibility index (Phi) is 4.75.